The summed E-state index contributed by atoms with van der Waals surface area (Å²) >= 11 is 0. The van der Waals surface area contributed by atoms with E-state index in [0.29, 0.717) is 12.2 Å². The minimum absolute atomic E-state index is 0.0104. The number of carbonyl (C=O) groups excluding carboxylic acids is 2. The minimum atomic E-state index is -0.989. The van der Waals surface area contributed by atoms with Gasteiger partial charge in [-0.3, -0.25) is 9.69 Å². The number of para-hydroxylation sites is 1. The van der Waals surface area contributed by atoms with E-state index in [0.717, 1.165) is 29.7 Å². The number of aromatic nitrogens is 4. The van der Waals surface area contributed by atoms with E-state index in [9.17, 15) is 9.59 Å². The van der Waals surface area contributed by atoms with Gasteiger partial charge in [0, 0.05) is 0 Å². The first-order valence-corrected chi connectivity index (χ1v) is 9.24. The quantitative estimate of drug-likeness (QED) is 0.708. The van der Waals surface area contributed by atoms with Crippen LogP contribution in [0, 0.1) is 0 Å². The largest absolute Gasteiger partial charge is 0.325 e. The third-order valence-electron chi connectivity index (χ3n) is 5.49. The van der Waals surface area contributed by atoms with Crippen molar-refractivity contribution in [3.05, 3.63) is 71.5 Å². The zero-order valence-electron chi connectivity index (χ0n) is 15.1. The van der Waals surface area contributed by atoms with Gasteiger partial charge in [-0.25, -0.2) is 4.79 Å². The molecule has 3 amide bonds. The van der Waals surface area contributed by atoms with Crippen LogP contribution in [0.4, 0.5) is 4.79 Å². The highest BCUT2D eigenvalue weighted by molar-refractivity contribution is 6.07. The molecule has 0 bridgehead atoms. The Morgan fingerprint density at radius 3 is 2.68 bits per heavy atom. The average Bonchev–Trinajstić information content (AvgIpc) is 3.28. The lowest BCUT2D eigenvalue weighted by Crippen LogP contribution is -2.46. The highest BCUT2D eigenvalue weighted by Gasteiger charge is 2.54. The number of urea groups is 1. The molecule has 0 radical (unpaired) electrons. The average molecular weight is 374 g/mol. The Morgan fingerprint density at radius 1 is 1.04 bits per heavy atom. The SMILES string of the molecule is O=C1N[C@@]2(CCCc3ccccc32)C(=O)N1Cc1nnnn1-c1ccccc1. The summed E-state index contributed by atoms with van der Waals surface area (Å²) in [6.45, 7) is 0.0104. The van der Waals surface area contributed by atoms with E-state index in [-0.39, 0.29) is 12.5 Å². The molecule has 1 aromatic heterocycles. The Hall–Kier alpha value is -3.55. The molecule has 140 valence electrons. The minimum Gasteiger partial charge on any atom is -0.319 e. The molecule has 1 saturated heterocycles. The molecule has 1 atom stereocenters. The summed E-state index contributed by atoms with van der Waals surface area (Å²) < 4.78 is 1.54. The van der Waals surface area contributed by atoms with Crippen LogP contribution in [0.15, 0.2) is 54.6 Å². The van der Waals surface area contributed by atoms with Crippen LogP contribution in [0.2, 0.25) is 0 Å². The summed E-state index contributed by atoms with van der Waals surface area (Å²) in [6, 6.07) is 16.8. The number of hydrogen-bond acceptors (Lipinski definition) is 5. The molecule has 0 unspecified atom stereocenters. The lowest BCUT2D eigenvalue weighted by molar-refractivity contribution is -0.132. The molecule has 1 aliphatic carbocycles. The molecule has 2 aliphatic rings. The van der Waals surface area contributed by atoms with E-state index >= 15 is 0 Å². The molecule has 28 heavy (non-hydrogen) atoms. The van der Waals surface area contributed by atoms with Gasteiger partial charge in [-0.2, -0.15) is 4.68 Å². The number of carbonyl (C=O) groups is 2. The first kappa shape index (κ1) is 16.6. The smallest absolute Gasteiger partial charge is 0.319 e. The number of benzene rings is 2. The fourth-order valence-corrected chi connectivity index (χ4v) is 4.17. The summed E-state index contributed by atoms with van der Waals surface area (Å²) in [5, 5.41) is 14.7. The number of amides is 3. The van der Waals surface area contributed by atoms with E-state index in [1.807, 2.05) is 54.6 Å². The second-order valence-electron chi connectivity index (χ2n) is 7.08. The standard InChI is InChI=1S/C20H18N6O2/c27-18-20(12-6-8-14-7-4-5-11-16(14)20)21-19(28)25(18)13-17-22-23-24-26(17)15-9-2-1-3-10-15/h1-5,7,9-11H,6,8,12-13H2,(H,21,28)/t20-/m1/s1. The van der Waals surface area contributed by atoms with Crippen molar-refractivity contribution >= 4 is 11.9 Å². The normalized spacial score (nSPS) is 21.1. The monoisotopic (exact) mass is 374 g/mol. The summed E-state index contributed by atoms with van der Waals surface area (Å²) in [5.41, 5.74) is 1.78. The summed E-state index contributed by atoms with van der Waals surface area (Å²) in [7, 11) is 0. The molecular formula is C20H18N6O2. The van der Waals surface area contributed by atoms with Crippen molar-refractivity contribution in [2.24, 2.45) is 0 Å². The van der Waals surface area contributed by atoms with Gasteiger partial charge in [0.1, 0.15) is 5.54 Å². The highest BCUT2D eigenvalue weighted by Crippen LogP contribution is 2.40. The summed E-state index contributed by atoms with van der Waals surface area (Å²) in [5.74, 6) is 0.183. The van der Waals surface area contributed by atoms with Gasteiger partial charge in [-0.1, -0.05) is 42.5 Å². The van der Waals surface area contributed by atoms with E-state index in [2.05, 4.69) is 20.8 Å². The van der Waals surface area contributed by atoms with Crippen LogP contribution >= 0.6 is 0 Å². The second-order valence-corrected chi connectivity index (χ2v) is 7.08. The Balaban J connectivity index is 1.49. The van der Waals surface area contributed by atoms with Crippen LogP contribution in [0.25, 0.3) is 5.69 Å². The first-order valence-electron chi connectivity index (χ1n) is 9.24. The number of nitrogens with one attached hydrogen (secondary N) is 1. The van der Waals surface area contributed by atoms with Crippen molar-refractivity contribution in [1.82, 2.24) is 30.4 Å². The molecule has 2 aromatic carbocycles. The Labute approximate surface area is 161 Å². The third-order valence-corrected chi connectivity index (χ3v) is 5.49. The number of tetrazole rings is 1. The van der Waals surface area contributed by atoms with Crippen LogP contribution in [0.3, 0.4) is 0 Å². The predicted octanol–water partition coefficient (Wildman–Crippen LogP) is 1.95. The maximum absolute atomic E-state index is 13.4. The van der Waals surface area contributed by atoms with Crippen molar-refractivity contribution in [2.75, 3.05) is 0 Å². The van der Waals surface area contributed by atoms with Crippen molar-refractivity contribution in [3.8, 4) is 5.69 Å². The molecular weight excluding hydrogens is 356 g/mol. The van der Waals surface area contributed by atoms with E-state index in [4.69, 9.17) is 0 Å². The Bertz CT molecular complexity index is 1060. The van der Waals surface area contributed by atoms with Gasteiger partial charge in [-0.15, -0.1) is 5.10 Å². The number of imide groups is 1. The Kier molecular flexibility index (Phi) is 3.71. The topological polar surface area (TPSA) is 93.0 Å². The van der Waals surface area contributed by atoms with Crippen molar-refractivity contribution in [2.45, 2.75) is 31.3 Å². The van der Waals surface area contributed by atoms with Gasteiger partial charge in [-0.05, 0) is 52.9 Å². The fraction of sp³-hybridized carbons (Fsp3) is 0.250. The number of aryl methyl sites for hydroxylation is 1. The molecule has 1 N–H and O–H groups in total. The Morgan fingerprint density at radius 2 is 1.82 bits per heavy atom. The van der Waals surface area contributed by atoms with Crippen LogP contribution in [-0.4, -0.2) is 37.0 Å². The van der Waals surface area contributed by atoms with Gasteiger partial charge in [0.05, 0.1) is 12.2 Å². The van der Waals surface area contributed by atoms with Crippen molar-refractivity contribution < 1.29 is 9.59 Å². The first-order chi connectivity index (χ1) is 13.7. The second kappa shape index (κ2) is 6.26. The lowest BCUT2D eigenvalue weighted by Gasteiger charge is -2.33. The highest BCUT2D eigenvalue weighted by atomic mass is 16.2. The van der Waals surface area contributed by atoms with E-state index in [1.54, 1.807) is 4.68 Å². The van der Waals surface area contributed by atoms with E-state index < -0.39 is 11.6 Å². The molecule has 3 aromatic rings. The molecule has 1 spiro atoms. The lowest BCUT2D eigenvalue weighted by atomic mass is 9.76. The third kappa shape index (κ3) is 2.41. The van der Waals surface area contributed by atoms with E-state index in [1.165, 1.54) is 4.90 Å². The number of hydrogen-bond donors (Lipinski definition) is 1. The molecule has 0 saturated carbocycles. The van der Waals surface area contributed by atoms with Gasteiger partial charge >= 0.3 is 6.03 Å². The summed E-state index contributed by atoms with van der Waals surface area (Å²) in [4.78, 5) is 27.4. The predicted molar refractivity (Wildman–Crippen MR) is 99.3 cm³/mol. The van der Waals surface area contributed by atoms with Crippen LogP contribution in [0.5, 0.6) is 0 Å². The van der Waals surface area contributed by atoms with Gasteiger partial charge < -0.3 is 5.32 Å². The molecule has 5 rings (SSSR count). The molecule has 2 heterocycles. The zero-order chi connectivity index (χ0) is 19.1. The van der Waals surface area contributed by atoms with Crippen molar-refractivity contribution in [1.29, 1.82) is 0 Å². The zero-order valence-corrected chi connectivity index (χ0v) is 15.1. The van der Waals surface area contributed by atoms with Crippen LogP contribution < -0.4 is 5.32 Å². The maximum Gasteiger partial charge on any atom is 0.325 e. The number of nitrogens with zero attached hydrogens (tertiary/aromatic N) is 5. The molecule has 1 fully saturated rings. The number of fused-ring (bicyclic) bond motifs is 2. The fourth-order valence-electron chi connectivity index (χ4n) is 4.17. The van der Waals surface area contributed by atoms with Crippen LogP contribution in [-0.2, 0) is 23.3 Å². The van der Waals surface area contributed by atoms with Gasteiger partial charge in [0.15, 0.2) is 5.82 Å². The van der Waals surface area contributed by atoms with Gasteiger partial charge in [0.2, 0.25) is 0 Å². The summed E-state index contributed by atoms with van der Waals surface area (Å²) in [6.07, 6.45) is 2.35. The maximum atomic E-state index is 13.4. The van der Waals surface area contributed by atoms with Crippen LogP contribution in [0.1, 0.15) is 29.8 Å². The molecule has 1 aliphatic heterocycles. The van der Waals surface area contributed by atoms with Gasteiger partial charge in [0.25, 0.3) is 5.91 Å². The van der Waals surface area contributed by atoms with Crippen molar-refractivity contribution in [3.63, 3.8) is 0 Å². The number of rotatable bonds is 3. The molecule has 8 nitrogen and oxygen atoms in total. The molecule has 8 heteroatoms.